The van der Waals surface area contributed by atoms with Gasteiger partial charge in [0.05, 0.1) is 6.04 Å². The van der Waals surface area contributed by atoms with Crippen molar-refractivity contribution in [1.82, 2.24) is 25.0 Å². The fourth-order valence-corrected chi connectivity index (χ4v) is 2.50. The topological polar surface area (TPSA) is 63.1 Å². The zero-order valence-electron chi connectivity index (χ0n) is 13.3. The lowest BCUT2D eigenvalue weighted by Crippen LogP contribution is -2.32. The normalized spacial score (nSPS) is 15.9. The van der Waals surface area contributed by atoms with Crippen molar-refractivity contribution >= 4 is 5.91 Å². The molecule has 6 heteroatoms. The van der Waals surface area contributed by atoms with Crippen molar-refractivity contribution in [3.63, 3.8) is 0 Å². The minimum Gasteiger partial charge on any atom is -0.342 e. The van der Waals surface area contributed by atoms with Crippen molar-refractivity contribution in [3.8, 4) is 0 Å². The van der Waals surface area contributed by atoms with Crippen molar-refractivity contribution in [2.45, 2.75) is 39.3 Å². The Hall–Kier alpha value is -1.69. The molecule has 1 aromatic rings. The van der Waals surface area contributed by atoms with Gasteiger partial charge in [0, 0.05) is 25.6 Å². The molecule has 0 radical (unpaired) electrons. The second-order valence-electron chi connectivity index (χ2n) is 6.12. The fourth-order valence-electron chi connectivity index (χ4n) is 2.50. The predicted octanol–water partition coefficient (Wildman–Crippen LogP) is 1.16. The first-order valence-electron chi connectivity index (χ1n) is 7.52. The summed E-state index contributed by atoms with van der Waals surface area (Å²) >= 11 is 0. The highest BCUT2D eigenvalue weighted by Crippen LogP contribution is 2.24. The summed E-state index contributed by atoms with van der Waals surface area (Å²) in [6.07, 6.45) is 5.55. The van der Waals surface area contributed by atoms with Gasteiger partial charge in [-0.05, 0) is 26.4 Å². The van der Waals surface area contributed by atoms with Crippen molar-refractivity contribution in [3.05, 3.63) is 23.8 Å². The Bertz CT molecular complexity index is 518. The number of hydrogen-bond donors (Lipinski definition) is 1. The SMILES string of the molecule is CC(C)C(NC(=O)/C=C/CN(C)C)c1nnc2n1CCC2. The van der Waals surface area contributed by atoms with Crippen LogP contribution in [0.3, 0.4) is 0 Å². The number of amides is 1. The lowest BCUT2D eigenvalue weighted by atomic mass is 10.0. The number of aromatic nitrogens is 3. The average molecular weight is 291 g/mol. The van der Waals surface area contributed by atoms with Gasteiger partial charge < -0.3 is 14.8 Å². The maximum absolute atomic E-state index is 12.1. The van der Waals surface area contributed by atoms with Crippen LogP contribution in [0, 0.1) is 5.92 Å². The largest absolute Gasteiger partial charge is 0.342 e. The molecular formula is C15H25N5O. The highest BCUT2D eigenvalue weighted by atomic mass is 16.1. The van der Waals surface area contributed by atoms with Crippen LogP contribution in [0.15, 0.2) is 12.2 Å². The van der Waals surface area contributed by atoms with Crippen LogP contribution in [0.4, 0.5) is 0 Å². The van der Waals surface area contributed by atoms with Gasteiger partial charge in [-0.2, -0.15) is 0 Å². The van der Waals surface area contributed by atoms with Crippen molar-refractivity contribution in [2.75, 3.05) is 20.6 Å². The van der Waals surface area contributed by atoms with E-state index in [2.05, 4.69) is 33.9 Å². The van der Waals surface area contributed by atoms with Crippen LogP contribution in [-0.2, 0) is 17.8 Å². The predicted molar refractivity (Wildman–Crippen MR) is 81.8 cm³/mol. The fraction of sp³-hybridized carbons (Fsp3) is 0.667. The van der Waals surface area contributed by atoms with Crippen molar-refractivity contribution in [1.29, 1.82) is 0 Å². The van der Waals surface area contributed by atoms with Crippen LogP contribution in [-0.4, -0.2) is 46.2 Å². The molecule has 2 heterocycles. The van der Waals surface area contributed by atoms with E-state index in [1.54, 1.807) is 6.08 Å². The molecule has 1 amide bonds. The molecule has 0 fully saturated rings. The van der Waals surface area contributed by atoms with Crippen LogP contribution >= 0.6 is 0 Å². The number of carbonyl (C=O) groups excluding carboxylic acids is 1. The Morgan fingerprint density at radius 2 is 2.19 bits per heavy atom. The number of fused-ring (bicyclic) bond motifs is 1. The summed E-state index contributed by atoms with van der Waals surface area (Å²) < 4.78 is 2.15. The second kappa shape index (κ2) is 6.85. The van der Waals surface area contributed by atoms with Gasteiger partial charge in [-0.25, -0.2) is 0 Å². The molecule has 0 saturated heterocycles. The van der Waals surface area contributed by atoms with Crippen molar-refractivity contribution in [2.24, 2.45) is 5.92 Å². The first-order valence-corrected chi connectivity index (χ1v) is 7.52. The number of hydrogen-bond acceptors (Lipinski definition) is 4. The number of rotatable bonds is 6. The Balaban J connectivity index is 2.06. The summed E-state index contributed by atoms with van der Waals surface area (Å²) in [5.41, 5.74) is 0. The van der Waals surface area contributed by atoms with Gasteiger partial charge in [0.2, 0.25) is 5.91 Å². The van der Waals surface area contributed by atoms with Gasteiger partial charge in [0.1, 0.15) is 5.82 Å². The van der Waals surface area contributed by atoms with Crippen molar-refractivity contribution < 1.29 is 4.79 Å². The lowest BCUT2D eigenvalue weighted by molar-refractivity contribution is -0.117. The molecule has 0 spiro atoms. The number of likely N-dealkylation sites (N-methyl/N-ethyl adjacent to an activating group) is 1. The minimum atomic E-state index is -0.0964. The summed E-state index contributed by atoms with van der Waals surface area (Å²) in [5.74, 6) is 2.11. The van der Waals surface area contributed by atoms with E-state index in [0.29, 0.717) is 0 Å². The molecule has 0 saturated carbocycles. The van der Waals surface area contributed by atoms with Gasteiger partial charge >= 0.3 is 0 Å². The van der Waals surface area contributed by atoms with Crippen LogP contribution in [0.1, 0.15) is 38.0 Å². The minimum absolute atomic E-state index is 0.0779. The van der Waals surface area contributed by atoms with E-state index in [1.807, 2.05) is 25.1 Å². The maximum atomic E-state index is 12.1. The molecule has 0 aliphatic carbocycles. The third kappa shape index (κ3) is 3.91. The molecule has 2 rings (SSSR count). The van der Waals surface area contributed by atoms with E-state index in [-0.39, 0.29) is 17.9 Å². The molecule has 1 aliphatic rings. The Labute approximate surface area is 126 Å². The molecule has 0 aromatic carbocycles. The van der Waals surface area contributed by atoms with Crippen LogP contribution in [0.5, 0.6) is 0 Å². The monoisotopic (exact) mass is 291 g/mol. The summed E-state index contributed by atoms with van der Waals surface area (Å²) in [6.45, 7) is 5.88. The molecule has 21 heavy (non-hydrogen) atoms. The Morgan fingerprint density at radius 1 is 1.43 bits per heavy atom. The smallest absolute Gasteiger partial charge is 0.244 e. The molecule has 0 bridgehead atoms. The number of carbonyl (C=O) groups is 1. The van der Waals surface area contributed by atoms with E-state index in [4.69, 9.17) is 0 Å². The molecule has 6 nitrogen and oxygen atoms in total. The van der Waals surface area contributed by atoms with Crippen LogP contribution in [0.25, 0.3) is 0 Å². The number of nitrogens with one attached hydrogen (secondary N) is 1. The molecule has 1 aromatic heterocycles. The summed E-state index contributed by atoms with van der Waals surface area (Å²) in [5, 5.41) is 11.6. The zero-order valence-corrected chi connectivity index (χ0v) is 13.3. The van der Waals surface area contributed by atoms with E-state index < -0.39 is 0 Å². The molecule has 1 atom stereocenters. The van der Waals surface area contributed by atoms with Gasteiger partial charge in [-0.1, -0.05) is 19.9 Å². The molecule has 116 valence electrons. The standard InChI is InChI=1S/C15H25N5O/c1-11(2)14(16-13(21)8-6-9-19(3)4)15-18-17-12-7-5-10-20(12)15/h6,8,11,14H,5,7,9-10H2,1-4H3,(H,16,21)/b8-6+. The van der Waals surface area contributed by atoms with Gasteiger partial charge in [-0.3, -0.25) is 4.79 Å². The maximum Gasteiger partial charge on any atom is 0.244 e. The van der Waals surface area contributed by atoms with Crippen LogP contribution in [0.2, 0.25) is 0 Å². The molecule has 1 N–H and O–H groups in total. The number of aryl methyl sites for hydroxylation is 1. The summed E-state index contributed by atoms with van der Waals surface area (Å²) in [7, 11) is 3.94. The zero-order chi connectivity index (χ0) is 15.4. The van der Waals surface area contributed by atoms with Gasteiger partial charge in [0.25, 0.3) is 0 Å². The third-order valence-corrected chi connectivity index (χ3v) is 3.62. The van der Waals surface area contributed by atoms with Gasteiger partial charge in [0.15, 0.2) is 5.82 Å². The number of nitrogens with zero attached hydrogens (tertiary/aromatic N) is 4. The Kier molecular flexibility index (Phi) is 5.12. The molecule has 1 unspecified atom stereocenters. The van der Waals surface area contributed by atoms with E-state index in [9.17, 15) is 4.79 Å². The van der Waals surface area contributed by atoms with E-state index in [1.165, 1.54) is 0 Å². The van der Waals surface area contributed by atoms with E-state index >= 15 is 0 Å². The van der Waals surface area contributed by atoms with Gasteiger partial charge in [-0.15, -0.1) is 10.2 Å². The third-order valence-electron chi connectivity index (χ3n) is 3.62. The second-order valence-corrected chi connectivity index (χ2v) is 6.12. The quantitative estimate of drug-likeness (QED) is 0.799. The highest BCUT2D eigenvalue weighted by Gasteiger charge is 2.26. The van der Waals surface area contributed by atoms with E-state index in [0.717, 1.165) is 37.6 Å². The average Bonchev–Trinajstić information content (AvgIpc) is 2.98. The first-order chi connectivity index (χ1) is 9.99. The Morgan fingerprint density at radius 3 is 2.86 bits per heavy atom. The first kappa shape index (κ1) is 15.7. The molecule has 1 aliphatic heterocycles. The lowest BCUT2D eigenvalue weighted by Gasteiger charge is -2.21. The molecular weight excluding hydrogens is 266 g/mol. The summed E-state index contributed by atoms with van der Waals surface area (Å²) in [4.78, 5) is 14.1. The highest BCUT2D eigenvalue weighted by molar-refractivity contribution is 5.87. The van der Waals surface area contributed by atoms with Crippen LogP contribution < -0.4 is 5.32 Å². The summed E-state index contributed by atoms with van der Waals surface area (Å²) in [6, 6.07) is -0.0964.